The normalized spacial score (nSPS) is 25.3. The van der Waals surface area contributed by atoms with Gasteiger partial charge in [-0.3, -0.25) is 9.36 Å². The topological polar surface area (TPSA) is 118 Å². The lowest BCUT2D eigenvalue weighted by Crippen LogP contribution is -2.57. The summed E-state index contributed by atoms with van der Waals surface area (Å²) in [5.74, 6) is 3.11. The van der Waals surface area contributed by atoms with Crippen LogP contribution in [0.25, 0.3) is 10.9 Å². The minimum atomic E-state index is -0.287. The average molecular weight is 643 g/mol. The Morgan fingerprint density at radius 2 is 1.96 bits per heavy atom. The zero-order valence-corrected chi connectivity index (χ0v) is 27.0. The van der Waals surface area contributed by atoms with Gasteiger partial charge in [-0.15, -0.1) is 5.10 Å². The van der Waals surface area contributed by atoms with Crippen molar-refractivity contribution in [2.45, 2.75) is 79.6 Å². The monoisotopic (exact) mass is 642 g/mol. The standard InChI is InChI=1S/C34H43FN10O.CH4/c1-21-18-43(14-12-36-21)33(40-29-16-24-15-28(22(29)2)34(24,3)4)38-26-9-10-27-30(17-26)39-31(19-44-20-37-41-42-44)45(32(27)46)13-11-23-5-7-25(35)8-6-23;/h5-10,17,20-22,24,28-29,36H,11-16,18-19H2,1-4H3,(H,38,40);1H4/t21-,22-,24+,28-,29-;/m0./s1. The van der Waals surface area contributed by atoms with Crippen LogP contribution in [0.3, 0.4) is 0 Å². The Hall–Kier alpha value is -4.19. The van der Waals surface area contributed by atoms with Crippen molar-refractivity contribution in [3.63, 3.8) is 0 Å². The molecule has 47 heavy (non-hydrogen) atoms. The smallest absolute Gasteiger partial charge is 0.261 e. The molecule has 3 saturated carbocycles. The molecule has 250 valence electrons. The molecular weight excluding hydrogens is 595 g/mol. The first-order valence-electron chi connectivity index (χ1n) is 16.5. The molecule has 2 N–H and O–H groups in total. The summed E-state index contributed by atoms with van der Waals surface area (Å²) in [5, 5.41) is 19.2. The Morgan fingerprint density at radius 1 is 1.15 bits per heavy atom. The number of aliphatic imine (C=N–C) groups is 1. The van der Waals surface area contributed by atoms with E-state index in [4.69, 9.17) is 9.98 Å². The molecule has 4 aliphatic rings. The van der Waals surface area contributed by atoms with Crippen molar-refractivity contribution in [2.24, 2.45) is 28.2 Å². The fourth-order valence-corrected chi connectivity index (χ4v) is 7.88. The van der Waals surface area contributed by atoms with E-state index in [1.54, 1.807) is 21.4 Å². The maximum atomic E-state index is 13.9. The highest BCUT2D eigenvalue weighted by atomic mass is 19.1. The number of tetrazole rings is 1. The van der Waals surface area contributed by atoms with E-state index in [1.807, 2.05) is 18.2 Å². The van der Waals surface area contributed by atoms with Crippen LogP contribution in [0, 0.1) is 29.0 Å². The highest BCUT2D eigenvalue weighted by molar-refractivity contribution is 5.96. The number of aryl methyl sites for hydroxylation is 1. The predicted octanol–water partition coefficient (Wildman–Crippen LogP) is 4.58. The second-order valence-electron chi connectivity index (χ2n) is 14.0. The van der Waals surface area contributed by atoms with E-state index in [0.717, 1.165) is 49.2 Å². The fraction of sp³-hybridized carbons (Fsp3) is 0.543. The fourth-order valence-electron chi connectivity index (χ4n) is 7.88. The third-order valence-electron chi connectivity index (χ3n) is 10.8. The van der Waals surface area contributed by atoms with Gasteiger partial charge in [0, 0.05) is 37.9 Å². The van der Waals surface area contributed by atoms with E-state index in [9.17, 15) is 9.18 Å². The van der Waals surface area contributed by atoms with Crippen molar-refractivity contribution in [2.75, 3.05) is 25.0 Å². The Morgan fingerprint density at radius 3 is 2.66 bits per heavy atom. The van der Waals surface area contributed by atoms with Crippen LogP contribution in [0.5, 0.6) is 0 Å². The van der Waals surface area contributed by atoms with Crippen LogP contribution in [0.15, 0.2) is 58.6 Å². The first kappa shape index (κ1) is 32.7. The molecule has 0 radical (unpaired) electrons. The molecule has 5 atom stereocenters. The molecule has 3 heterocycles. The average Bonchev–Trinajstić information content (AvgIpc) is 3.55. The van der Waals surface area contributed by atoms with Crippen LogP contribution < -0.4 is 16.2 Å². The van der Waals surface area contributed by atoms with Crippen molar-refractivity contribution < 1.29 is 4.39 Å². The third kappa shape index (κ3) is 6.52. The number of fused-ring (bicyclic) bond motifs is 3. The lowest BCUT2D eigenvalue weighted by molar-refractivity contribution is -0.108. The minimum Gasteiger partial charge on any atom is -0.340 e. The molecule has 2 bridgehead atoms. The van der Waals surface area contributed by atoms with Crippen LogP contribution >= 0.6 is 0 Å². The van der Waals surface area contributed by atoms with Gasteiger partial charge < -0.3 is 15.5 Å². The zero-order valence-electron chi connectivity index (χ0n) is 27.0. The van der Waals surface area contributed by atoms with Gasteiger partial charge in [0.1, 0.15) is 24.5 Å². The van der Waals surface area contributed by atoms with Crippen molar-refractivity contribution >= 4 is 22.5 Å². The van der Waals surface area contributed by atoms with Crippen LogP contribution in [-0.2, 0) is 19.5 Å². The van der Waals surface area contributed by atoms with E-state index in [2.05, 4.69) is 58.8 Å². The lowest BCUT2D eigenvalue weighted by atomic mass is 9.45. The Kier molecular flexibility index (Phi) is 9.15. The Bertz CT molecular complexity index is 1780. The molecule has 2 aromatic heterocycles. The number of aromatic nitrogens is 6. The van der Waals surface area contributed by atoms with Crippen molar-refractivity contribution in [3.05, 3.63) is 76.4 Å². The number of benzene rings is 2. The van der Waals surface area contributed by atoms with E-state index >= 15 is 0 Å². The van der Waals surface area contributed by atoms with E-state index in [-0.39, 0.29) is 31.4 Å². The summed E-state index contributed by atoms with van der Waals surface area (Å²) in [7, 11) is 0. The third-order valence-corrected chi connectivity index (χ3v) is 10.8. The second-order valence-corrected chi connectivity index (χ2v) is 14.0. The number of nitrogens with one attached hydrogen (secondary N) is 2. The molecule has 3 aliphatic carbocycles. The lowest BCUT2D eigenvalue weighted by Gasteiger charge is -2.61. The quantitative estimate of drug-likeness (QED) is 0.222. The highest BCUT2D eigenvalue weighted by Crippen LogP contribution is 2.61. The number of piperazine rings is 1. The molecule has 12 heteroatoms. The maximum absolute atomic E-state index is 13.9. The van der Waals surface area contributed by atoms with E-state index < -0.39 is 0 Å². The van der Waals surface area contributed by atoms with Crippen molar-refractivity contribution in [3.8, 4) is 0 Å². The molecule has 11 nitrogen and oxygen atoms in total. The molecule has 4 fully saturated rings. The molecule has 2 aromatic carbocycles. The molecule has 4 aromatic rings. The summed E-state index contributed by atoms with van der Waals surface area (Å²) in [6, 6.07) is 12.7. The van der Waals surface area contributed by atoms with Gasteiger partial charge in [-0.2, -0.15) is 0 Å². The number of hydrogen-bond acceptors (Lipinski definition) is 7. The number of hydrogen-bond donors (Lipinski definition) is 2. The number of halogens is 1. The van der Waals surface area contributed by atoms with Gasteiger partial charge in [-0.25, -0.2) is 19.0 Å². The molecule has 0 amide bonds. The predicted molar refractivity (Wildman–Crippen MR) is 183 cm³/mol. The van der Waals surface area contributed by atoms with Crippen molar-refractivity contribution in [1.29, 1.82) is 0 Å². The first-order valence-corrected chi connectivity index (χ1v) is 16.5. The molecular formula is C35H47FN10O. The molecule has 8 rings (SSSR count). The summed E-state index contributed by atoms with van der Waals surface area (Å²) < 4.78 is 16.7. The van der Waals surface area contributed by atoms with E-state index in [0.29, 0.717) is 53.0 Å². The van der Waals surface area contributed by atoms with Crippen LogP contribution in [0.1, 0.15) is 59.4 Å². The van der Waals surface area contributed by atoms with Crippen LogP contribution in [0.2, 0.25) is 0 Å². The summed E-state index contributed by atoms with van der Waals surface area (Å²) >= 11 is 0. The Balaban J connectivity index is 0.00000386. The first-order chi connectivity index (χ1) is 22.2. The number of guanidine groups is 1. The number of rotatable bonds is 7. The van der Waals surface area contributed by atoms with Gasteiger partial charge in [-0.05, 0) is 95.7 Å². The van der Waals surface area contributed by atoms with E-state index in [1.165, 1.54) is 24.9 Å². The molecule has 0 spiro atoms. The van der Waals surface area contributed by atoms with Gasteiger partial charge in [0.25, 0.3) is 5.56 Å². The molecule has 0 unspecified atom stereocenters. The van der Waals surface area contributed by atoms with Gasteiger partial charge in [0.15, 0.2) is 5.96 Å². The van der Waals surface area contributed by atoms with Gasteiger partial charge >= 0.3 is 0 Å². The van der Waals surface area contributed by atoms with Crippen LogP contribution in [0.4, 0.5) is 10.1 Å². The zero-order chi connectivity index (χ0) is 32.0. The SMILES string of the molecule is C.C[C@@H]1[C@@H](N=C(Nc2ccc3c(=O)n(CCc4ccc(F)cc4)c(Cn4cnnn4)nc3c2)N2CCN[C@@H](C)C2)C[C@H]2C[C@@H]1C2(C)C. The molecule has 1 saturated heterocycles. The Labute approximate surface area is 275 Å². The van der Waals surface area contributed by atoms with Gasteiger partial charge in [0.05, 0.1) is 16.9 Å². The summed E-state index contributed by atoms with van der Waals surface area (Å²) in [4.78, 5) is 26.6. The van der Waals surface area contributed by atoms with Crippen molar-refractivity contribution in [1.82, 2.24) is 40.0 Å². The summed E-state index contributed by atoms with van der Waals surface area (Å²) in [5.41, 5.74) is 2.64. The molecule has 1 aliphatic heterocycles. The second kappa shape index (κ2) is 13.1. The van der Waals surface area contributed by atoms with Crippen LogP contribution in [-0.4, -0.2) is 72.3 Å². The van der Waals surface area contributed by atoms with Gasteiger partial charge in [-0.1, -0.05) is 40.3 Å². The highest BCUT2D eigenvalue weighted by Gasteiger charge is 2.56. The summed E-state index contributed by atoms with van der Waals surface area (Å²) in [6.45, 7) is 12.7. The van der Waals surface area contributed by atoms with Gasteiger partial charge in [0.2, 0.25) is 0 Å². The minimum absolute atomic E-state index is 0. The number of anilines is 1. The largest absolute Gasteiger partial charge is 0.340 e. The summed E-state index contributed by atoms with van der Waals surface area (Å²) in [6.07, 6.45) is 4.50. The number of nitrogens with zero attached hydrogens (tertiary/aromatic N) is 8. The maximum Gasteiger partial charge on any atom is 0.261 e.